The van der Waals surface area contributed by atoms with Gasteiger partial charge in [-0.25, -0.2) is 4.98 Å². The van der Waals surface area contributed by atoms with Crippen LogP contribution in [0.3, 0.4) is 0 Å². The van der Waals surface area contributed by atoms with Crippen molar-refractivity contribution in [3.8, 4) is 0 Å². The summed E-state index contributed by atoms with van der Waals surface area (Å²) in [6.07, 6.45) is 9.87. The van der Waals surface area contributed by atoms with E-state index in [0.29, 0.717) is 19.0 Å². The Bertz CT molecular complexity index is 626. The first kappa shape index (κ1) is 15.1. The van der Waals surface area contributed by atoms with Crippen molar-refractivity contribution in [2.75, 3.05) is 7.05 Å². The molecule has 4 heteroatoms. The highest BCUT2D eigenvalue weighted by atomic mass is 16.2. The third kappa shape index (κ3) is 3.32. The topological polar surface area (TPSA) is 38.1 Å². The van der Waals surface area contributed by atoms with Crippen molar-refractivity contribution in [2.24, 2.45) is 0 Å². The average molecular weight is 299 g/mol. The van der Waals surface area contributed by atoms with E-state index in [9.17, 15) is 4.79 Å². The van der Waals surface area contributed by atoms with Gasteiger partial charge < -0.3 is 9.47 Å². The standard InChI is InChI=1S/C18H25N3O/c1-20(15-8-4-2-3-5-9-15)18(22)12-13-21-14-19-16-10-6-7-11-17(16)21/h6-7,10-11,14-15H,2-5,8-9,12-13H2,1H3. The van der Waals surface area contributed by atoms with Crippen molar-refractivity contribution in [2.45, 2.75) is 57.5 Å². The minimum Gasteiger partial charge on any atom is -0.343 e. The number of amides is 1. The lowest BCUT2D eigenvalue weighted by atomic mass is 10.1. The smallest absolute Gasteiger partial charge is 0.224 e. The van der Waals surface area contributed by atoms with Crippen molar-refractivity contribution in [1.82, 2.24) is 14.5 Å². The molecule has 1 aromatic carbocycles. The number of hydrogen-bond acceptors (Lipinski definition) is 2. The van der Waals surface area contributed by atoms with Crippen LogP contribution in [0.1, 0.15) is 44.9 Å². The number of carbonyl (C=O) groups excluding carboxylic acids is 1. The molecule has 0 atom stereocenters. The van der Waals surface area contributed by atoms with Gasteiger partial charge in [-0.15, -0.1) is 0 Å². The van der Waals surface area contributed by atoms with E-state index >= 15 is 0 Å². The van der Waals surface area contributed by atoms with Crippen molar-refractivity contribution in [1.29, 1.82) is 0 Å². The zero-order chi connectivity index (χ0) is 15.4. The van der Waals surface area contributed by atoms with E-state index in [0.717, 1.165) is 23.9 Å². The van der Waals surface area contributed by atoms with Gasteiger partial charge in [-0.3, -0.25) is 4.79 Å². The van der Waals surface area contributed by atoms with E-state index < -0.39 is 0 Å². The van der Waals surface area contributed by atoms with Crippen LogP contribution in [0.5, 0.6) is 0 Å². The molecule has 118 valence electrons. The number of carbonyl (C=O) groups is 1. The summed E-state index contributed by atoms with van der Waals surface area (Å²) in [4.78, 5) is 18.9. The van der Waals surface area contributed by atoms with Gasteiger partial charge in [0.25, 0.3) is 0 Å². The minimum absolute atomic E-state index is 0.254. The lowest BCUT2D eigenvalue weighted by Crippen LogP contribution is -2.37. The Labute approximate surface area is 132 Å². The predicted molar refractivity (Wildman–Crippen MR) is 88.6 cm³/mol. The van der Waals surface area contributed by atoms with Gasteiger partial charge in [0, 0.05) is 26.1 Å². The molecule has 2 aromatic rings. The molecule has 0 spiro atoms. The zero-order valence-corrected chi connectivity index (χ0v) is 13.4. The maximum absolute atomic E-state index is 12.5. The van der Waals surface area contributed by atoms with Crippen LogP contribution in [0.4, 0.5) is 0 Å². The fourth-order valence-corrected chi connectivity index (χ4v) is 3.43. The molecule has 4 nitrogen and oxygen atoms in total. The second kappa shape index (κ2) is 6.95. The van der Waals surface area contributed by atoms with Crippen LogP contribution in [0.2, 0.25) is 0 Å². The lowest BCUT2D eigenvalue weighted by molar-refractivity contribution is -0.132. The van der Waals surface area contributed by atoms with Crippen molar-refractivity contribution in [3.63, 3.8) is 0 Å². The molecule has 1 heterocycles. The first-order valence-corrected chi connectivity index (χ1v) is 8.41. The quantitative estimate of drug-likeness (QED) is 0.809. The maximum Gasteiger partial charge on any atom is 0.224 e. The van der Waals surface area contributed by atoms with Gasteiger partial charge >= 0.3 is 0 Å². The minimum atomic E-state index is 0.254. The number of fused-ring (bicyclic) bond motifs is 1. The van der Waals surface area contributed by atoms with Crippen molar-refractivity contribution < 1.29 is 4.79 Å². The Hall–Kier alpha value is -1.84. The molecule has 1 fully saturated rings. The van der Waals surface area contributed by atoms with Gasteiger partial charge in [-0.1, -0.05) is 37.8 Å². The monoisotopic (exact) mass is 299 g/mol. The van der Waals surface area contributed by atoms with Crippen molar-refractivity contribution in [3.05, 3.63) is 30.6 Å². The Morgan fingerprint density at radius 1 is 1.23 bits per heavy atom. The van der Waals surface area contributed by atoms with Crippen LogP contribution in [0, 0.1) is 0 Å². The number of aromatic nitrogens is 2. The lowest BCUT2D eigenvalue weighted by Gasteiger charge is -2.27. The Balaban J connectivity index is 1.59. The van der Waals surface area contributed by atoms with Gasteiger partial charge in [0.05, 0.1) is 17.4 Å². The number of imidazole rings is 1. The van der Waals surface area contributed by atoms with E-state index in [4.69, 9.17) is 0 Å². The summed E-state index contributed by atoms with van der Waals surface area (Å²) >= 11 is 0. The summed E-state index contributed by atoms with van der Waals surface area (Å²) in [5.41, 5.74) is 2.10. The van der Waals surface area contributed by atoms with E-state index in [1.54, 1.807) is 0 Å². The molecule has 1 amide bonds. The predicted octanol–water partition coefficient (Wildman–Crippen LogP) is 3.61. The molecule has 0 saturated heterocycles. The first-order chi connectivity index (χ1) is 10.8. The molecule has 1 saturated carbocycles. The number of rotatable bonds is 4. The van der Waals surface area contributed by atoms with E-state index in [-0.39, 0.29) is 5.91 Å². The Morgan fingerprint density at radius 3 is 2.73 bits per heavy atom. The Morgan fingerprint density at radius 2 is 1.95 bits per heavy atom. The SMILES string of the molecule is CN(C(=O)CCn1cnc2ccccc21)C1CCCCCC1. The molecule has 3 rings (SSSR count). The second-order valence-corrected chi connectivity index (χ2v) is 6.33. The maximum atomic E-state index is 12.5. The molecular weight excluding hydrogens is 274 g/mol. The summed E-state index contributed by atoms with van der Waals surface area (Å²) in [5, 5.41) is 0. The Kier molecular flexibility index (Phi) is 4.76. The van der Waals surface area contributed by atoms with E-state index in [1.807, 2.05) is 36.5 Å². The fraction of sp³-hybridized carbons (Fsp3) is 0.556. The highest BCUT2D eigenvalue weighted by Crippen LogP contribution is 2.21. The van der Waals surface area contributed by atoms with Gasteiger partial charge in [-0.05, 0) is 25.0 Å². The summed E-state index contributed by atoms with van der Waals surface area (Å²) in [7, 11) is 1.98. The number of nitrogens with zero attached hydrogens (tertiary/aromatic N) is 3. The van der Waals surface area contributed by atoms with Gasteiger partial charge in [0.1, 0.15) is 0 Å². The molecule has 0 N–H and O–H groups in total. The fourth-order valence-electron chi connectivity index (χ4n) is 3.43. The van der Waals surface area contributed by atoms with E-state index in [2.05, 4.69) is 15.6 Å². The summed E-state index contributed by atoms with van der Waals surface area (Å²) < 4.78 is 2.08. The van der Waals surface area contributed by atoms with Crippen LogP contribution in [-0.4, -0.2) is 33.4 Å². The highest BCUT2D eigenvalue weighted by Gasteiger charge is 2.20. The highest BCUT2D eigenvalue weighted by molar-refractivity contribution is 5.77. The average Bonchev–Trinajstić information content (AvgIpc) is 2.77. The van der Waals surface area contributed by atoms with Crippen LogP contribution < -0.4 is 0 Å². The molecule has 1 aliphatic carbocycles. The number of para-hydroxylation sites is 2. The number of aryl methyl sites for hydroxylation is 1. The molecule has 0 radical (unpaired) electrons. The molecule has 1 aliphatic rings. The van der Waals surface area contributed by atoms with Crippen LogP contribution in [0.15, 0.2) is 30.6 Å². The van der Waals surface area contributed by atoms with Gasteiger partial charge in [0.2, 0.25) is 5.91 Å². The normalized spacial score (nSPS) is 16.6. The molecule has 0 unspecified atom stereocenters. The largest absolute Gasteiger partial charge is 0.343 e. The third-order valence-corrected chi connectivity index (χ3v) is 4.86. The molecule has 22 heavy (non-hydrogen) atoms. The summed E-state index contributed by atoms with van der Waals surface area (Å²) in [6, 6.07) is 8.51. The van der Waals surface area contributed by atoms with E-state index in [1.165, 1.54) is 25.7 Å². The van der Waals surface area contributed by atoms with Gasteiger partial charge in [0.15, 0.2) is 0 Å². The zero-order valence-electron chi connectivity index (χ0n) is 13.4. The van der Waals surface area contributed by atoms with Crippen LogP contribution in [0.25, 0.3) is 11.0 Å². The van der Waals surface area contributed by atoms with Crippen LogP contribution >= 0.6 is 0 Å². The second-order valence-electron chi connectivity index (χ2n) is 6.33. The number of benzene rings is 1. The third-order valence-electron chi connectivity index (χ3n) is 4.86. The van der Waals surface area contributed by atoms with Crippen LogP contribution in [-0.2, 0) is 11.3 Å². The first-order valence-electron chi connectivity index (χ1n) is 8.41. The molecular formula is C18H25N3O. The molecule has 1 aromatic heterocycles. The summed E-state index contributed by atoms with van der Waals surface area (Å²) in [5.74, 6) is 0.254. The molecule has 0 bridgehead atoms. The van der Waals surface area contributed by atoms with Crippen molar-refractivity contribution >= 4 is 16.9 Å². The summed E-state index contributed by atoms with van der Waals surface area (Å²) in [6.45, 7) is 0.705. The number of hydrogen-bond donors (Lipinski definition) is 0. The molecule has 0 aliphatic heterocycles. The van der Waals surface area contributed by atoms with Gasteiger partial charge in [-0.2, -0.15) is 0 Å².